The topological polar surface area (TPSA) is 61.0 Å². The van der Waals surface area contributed by atoms with E-state index in [4.69, 9.17) is 0 Å². The summed E-state index contributed by atoms with van der Waals surface area (Å²) < 4.78 is 0.699. The van der Waals surface area contributed by atoms with Gasteiger partial charge in [0.25, 0.3) is 5.56 Å². The summed E-state index contributed by atoms with van der Waals surface area (Å²) in [7, 11) is 4.13. The minimum Gasteiger partial charge on any atom is -0.309 e. The van der Waals surface area contributed by atoms with Gasteiger partial charge in [-0.2, -0.15) is 0 Å². The van der Waals surface area contributed by atoms with Crippen LogP contribution >= 0.6 is 11.3 Å². The van der Waals surface area contributed by atoms with E-state index in [-0.39, 0.29) is 5.56 Å². The van der Waals surface area contributed by atoms with Crippen molar-refractivity contribution in [3.63, 3.8) is 0 Å². The first-order valence-corrected chi connectivity index (χ1v) is 7.28. The molecule has 1 unspecified atom stereocenters. The second kappa shape index (κ2) is 6.27. The van der Waals surface area contributed by atoms with Crippen LogP contribution in [-0.4, -0.2) is 41.5 Å². The molecule has 2 N–H and O–H groups in total. The van der Waals surface area contributed by atoms with Gasteiger partial charge in [0.1, 0.15) is 10.5 Å². The molecule has 0 saturated carbocycles. The highest BCUT2D eigenvalue weighted by atomic mass is 32.1. The Bertz CT molecular complexity index is 590. The van der Waals surface area contributed by atoms with Crippen molar-refractivity contribution in [2.75, 3.05) is 20.6 Å². The number of nitrogens with zero attached hydrogens (tertiary/aromatic N) is 2. The van der Waals surface area contributed by atoms with Gasteiger partial charge in [0.2, 0.25) is 0 Å². The van der Waals surface area contributed by atoms with Crippen LogP contribution in [0, 0.1) is 0 Å². The first kappa shape index (κ1) is 14.2. The van der Waals surface area contributed by atoms with Gasteiger partial charge in [-0.1, -0.05) is 0 Å². The van der Waals surface area contributed by atoms with Crippen LogP contribution in [0.15, 0.2) is 16.2 Å². The molecule has 0 amide bonds. The summed E-state index contributed by atoms with van der Waals surface area (Å²) >= 11 is 1.43. The lowest BCUT2D eigenvalue weighted by Gasteiger charge is -2.16. The maximum absolute atomic E-state index is 11.8. The maximum Gasteiger partial charge on any atom is 0.268 e. The van der Waals surface area contributed by atoms with Crippen molar-refractivity contribution in [1.82, 2.24) is 20.2 Å². The predicted molar refractivity (Wildman–Crippen MR) is 79.7 cm³/mol. The molecule has 0 radical (unpaired) electrons. The zero-order chi connectivity index (χ0) is 13.8. The Hall–Kier alpha value is -1.24. The molecule has 104 valence electrons. The van der Waals surface area contributed by atoms with E-state index in [1.807, 2.05) is 11.4 Å². The highest BCUT2D eigenvalue weighted by Crippen LogP contribution is 2.13. The number of hydrogen-bond donors (Lipinski definition) is 2. The van der Waals surface area contributed by atoms with Crippen LogP contribution in [0.4, 0.5) is 0 Å². The van der Waals surface area contributed by atoms with Crippen molar-refractivity contribution in [3.05, 3.63) is 27.6 Å². The summed E-state index contributed by atoms with van der Waals surface area (Å²) in [6.07, 6.45) is 1.07. The van der Waals surface area contributed by atoms with E-state index in [1.165, 1.54) is 11.3 Å². The van der Waals surface area contributed by atoms with Crippen LogP contribution in [0.25, 0.3) is 10.2 Å². The van der Waals surface area contributed by atoms with E-state index in [1.54, 1.807) is 0 Å². The number of thiophene rings is 1. The zero-order valence-electron chi connectivity index (χ0n) is 11.6. The Kier molecular flexibility index (Phi) is 4.68. The lowest BCUT2D eigenvalue weighted by atomic mass is 10.2. The molecule has 6 heteroatoms. The monoisotopic (exact) mass is 280 g/mol. The van der Waals surface area contributed by atoms with Gasteiger partial charge < -0.3 is 15.2 Å². The predicted octanol–water partition coefficient (Wildman–Crippen LogP) is 1.41. The van der Waals surface area contributed by atoms with Crippen molar-refractivity contribution in [2.24, 2.45) is 0 Å². The van der Waals surface area contributed by atoms with E-state index in [9.17, 15) is 4.79 Å². The fraction of sp³-hybridized carbons (Fsp3) is 0.538. The summed E-state index contributed by atoms with van der Waals surface area (Å²) in [4.78, 5) is 21.2. The van der Waals surface area contributed by atoms with Crippen molar-refractivity contribution in [2.45, 2.75) is 25.9 Å². The number of aromatic nitrogens is 2. The molecule has 0 aliphatic carbocycles. The summed E-state index contributed by atoms with van der Waals surface area (Å²) in [6.45, 7) is 3.78. The molecule has 0 spiro atoms. The SMILES string of the molecule is CC(CCN(C)C)NCc1nc2ccsc2c(=O)[nH]1. The van der Waals surface area contributed by atoms with Crippen molar-refractivity contribution < 1.29 is 0 Å². The van der Waals surface area contributed by atoms with E-state index < -0.39 is 0 Å². The summed E-state index contributed by atoms with van der Waals surface area (Å²) in [5.41, 5.74) is 0.740. The molecule has 0 aliphatic heterocycles. The van der Waals surface area contributed by atoms with Crippen molar-refractivity contribution in [3.8, 4) is 0 Å². The molecule has 1 atom stereocenters. The Labute approximate surface area is 116 Å². The van der Waals surface area contributed by atoms with Crippen molar-refractivity contribution >= 4 is 21.6 Å². The lowest BCUT2D eigenvalue weighted by molar-refractivity contribution is 0.364. The smallest absolute Gasteiger partial charge is 0.268 e. The molecule has 2 aromatic rings. The van der Waals surface area contributed by atoms with E-state index >= 15 is 0 Å². The minimum atomic E-state index is -0.0438. The second-order valence-electron chi connectivity index (χ2n) is 5.02. The van der Waals surface area contributed by atoms with Gasteiger partial charge in [-0.15, -0.1) is 11.3 Å². The Morgan fingerprint density at radius 1 is 1.53 bits per heavy atom. The number of rotatable bonds is 6. The first-order chi connectivity index (χ1) is 9.06. The van der Waals surface area contributed by atoms with Crippen LogP contribution in [0.2, 0.25) is 0 Å². The Balaban J connectivity index is 1.96. The van der Waals surface area contributed by atoms with E-state index in [0.29, 0.717) is 23.1 Å². The molecule has 2 aromatic heterocycles. The standard InChI is InChI=1S/C13H20N4OS/c1-9(4-6-17(2)3)14-8-11-15-10-5-7-19-12(10)13(18)16-11/h5,7,9,14H,4,6,8H2,1-3H3,(H,15,16,18). The Morgan fingerprint density at radius 3 is 3.05 bits per heavy atom. The van der Waals surface area contributed by atoms with Crippen LogP contribution in [-0.2, 0) is 6.54 Å². The van der Waals surface area contributed by atoms with Crippen LogP contribution in [0.1, 0.15) is 19.2 Å². The van der Waals surface area contributed by atoms with Gasteiger partial charge in [-0.25, -0.2) is 4.98 Å². The minimum absolute atomic E-state index is 0.0438. The molecule has 0 aliphatic rings. The average molecular weight is 280 g/mol. The normalized spacial score (nSPS) is 13.3. The van der Waals surface area contributed by atoms with Crippen LogP contribution in [0.5, 0.6) is 0 Å². The maximum atomic E-state index is 11.8. The van der Waals surface area contributed by atoms with Gasteiger partial charge in [0.05, 0.1) is 12.1 Å². The fourth-order valence-corrected chi connectivity index (χ4v) is 2.56. The fourth-order valence-electron chi connectivity index (χ4n) is 1.83. The molecule has 0 bridgehead atoms. The summed E-state index contributed by atoms with van der Waals surface area (Å²) in [5, 5.41) is 5.28. The average Bonchev–Trinajstić information content (AvgIpc) is 2.82. The molecule has 0 saturated heterocycles. The first-order valence-electron chi connectivity index (χ1n) is 6.41. The highest BCUT2D eigenvalue weighted by molar-refractivity contribution is 7.17. The number of aromatic amines is 1. The molecule has 2 heterocycles. The van der Waals surface area contributed by atoms with E-state index in [0.717, 1.165) is 18.5 Å². The highest BCUT2D eigenvalue weighted by Gasteiger charge is 2.07. The van der Waals surface area contributed by atoms with Crippen molar-refractivity contribution in [1.29, 1.82) is 0 Å². The zero-order valence-corrected chi connectivity index (χ0v) is 12.4. The van der Waals surface area contributed by atoms with Crippen LogP contribution < -0.4 is 10.9 Å². The Morgan fingerprint density at radius 2 is 2.32 bits per heavy atom. The summed E-state index contributed by atoms with van der Waals surface area (Å²) in [6, 6.07) is 2.28. The molecular weight excluding hydrogens is 260 g/mol. The molecule has 0 aromatic carbocycles. The summed E-state index contributed by atoms with van der Waals surface area (Å²) in [5.74, 6) is 0.701. The van der Waals surface area contributed by atoms with E-state index in [2.05, 4.69) is 41.2 Å². The van der Waals surface area contributed by atoms with Crippen LogP contribution in [0.3, 0.4) is 0 Å². The molecule has 0 fully saturated rings. The number of fused-ring (bicyclic) bond motifs is 1. The third-order valence-corrected chi connectivity index (χ3v) is 3.89. The lowest BCUT2D eigenvalue weighted by Crippen LogP contribution is -2.30. The molecular formula is C13H20N4OS. The molecule has 2 rings (SSSR count). The number of nitrogens with one attached hydrogen (secondary N) is 2. The van der Waals surface area contributed by atoms with Gasteiger partial charge >= 0.3 is 0 Å². The van der Waals surface area contributed by atoms with Gasteiger partial charge in [0.15, 0.2) is 0 Å². The van der Waals surface area contributed by atoms with Gasteiger partial charge in [-0.3, -0.25) is 4.79 Å². The molecule has 5 nitrogen and oxygen atoms in total. The second-order valence-corrected chi connectivity index (χ2v) is 5.94. The number of hydrogen-bond acceptors (Lipinski definition) is 5. The third-order valence-electron chi connectivity index (χ3n) is 2.99. The third kappa shape index (κ3) is 3.86. The largest absolute Gasteiger partial charge is 0.309 e. The molecule has 19 heavy (non-hydrogen) atoms. The quantitative estimate of drug-likeness (QED) is 0.840. The number of H-pyrrole nitrogens is 1. The van der Waals surface area contributed by atoms with Gasteiger partial charge in [0, 0.05) is 6.04 Å². The van der Waals surface area contributed by atoms with Gasteiger partial charge in [-0.05, 0) is 45.4 Å².